The van der Waals surface area contributed by atoms with Gasteiger partial charge in [0.1, 0.15) is 6.10 Å². The van der Waals surface area contributed by atoms with Gasteiger partial charge >= 0.3 is 0 Å². The van der Waals surface area contributed by atoms with Gasteiger partial charge < -0.3 is 10.5 Å². The fraction of sp³-hybridized carbons (Fsp3) is 0.333. The van der Waals surface area contributed by atoms with Crippen molar-refractivity contribution in [3.05, 3.63) is 44.8 Å². The minimum atomic E-state index is 0.00194. The van der Waals surface area contributed by atoms with Crippen LogP contribution in [0.3, 0.4) is 0 Å². The second-order valence-electron chi connectivity index (χ2n) is 3.69. The summed E-state index contributed by atoms with van der Waals surface area (Å²) in [4.78, 5) is 2.44. The molecule has 2 aromatic rings. The molecule has 2 unspecified atom stereocenters. The van der Waals surface area contributed by atoms with Crippen LogP contribution in [0.2, 0.25) is 0 Å². The number of ether oxygens (including phenoxy) is 1. The standard InChI is InChI=1S/C12H15NOS2/c1-9(13)12(11-5-3-7-16-11)14-8-10-4-2-6-15-10/h2-7,9,12H,8,13H2,1H3. The fourth-order valence-electron chi connectivity index (χ4n) is 1.51. The predicted molar refractivity (Wildman–Crippen MR) is 69.8 cm³/mol. The van der Waals surface area contributed by atoms with E-state index >= 15 is 0 Å². The van der Waals surface area contributed by atoms with Crippen LogP contribution in [0.4, 0.5) is 0 Å². The highest BCUT2D eigenvalue weighted by Crippen LogP contribution is 2.26. The molecule has 0 saturated heterocycles. The van der Waals surface area contributed by atoms with E-state index in [1.54, 1.807) is 22.7 Å². The molecule has 0 saturated carbocycles. The van der Waals surface area contributed by atoms with Gasteiger partial charge in [-0.3, -0.25) is 0 Å². The molecule has 4 heteroatoms. The molecule has 0 aliphatic carbocycles. The Labute approximate surface area is 104 Å². The lowest BCUT2D eigenvalue weighted by Gasteiger charge is -2.19. The number of nitrogens with two attached hydrogens (primary N) is 1. The van der Waals surface area contributed by atoms with Gasteiger partial charge in [0.2, 0.25) is 0 Å². The van der Waals surface area contributed by atoms with Crippen LogP contribution < -0.4 is 5.73 Å². The maximum Gasteiger partial charge on any atom is 0.107 e. The monoisotopic (exact) mass is 253 g/mol. The van der Waals surface area contributed by atoms with Crippen LogP contribution in [-0.4, -0.2) is 6.04 Å². The molecule has 2 nitrogen and oxygen atoms in total. The van der Waals surface area contributed by atoms with Gasteiger partial charge in [0.05, 0.1) is 6.61 Å². The van der Waals surface area contributed by atoms with Crippen LogP contribution in [0.5, 0.6) is 0 Å². The lowest BCUT2D eigenvalue weighted by atomic mass is 10.1. The van der Waals surface area contributed by atoms with E-state index in [1.807, 2.05) is 19.1 Å². The summed E-state index contributed by atoms with van der Waals surface area (Å²) in [6, 6.07) is 8.24. The summed E-state index contributed by atoms with van der Waals surface area (Å²) in [5, 5.41) is 4.12. The lowest BCUT2D eigenvalue weighted by molar-refractivity contribution is 0.0297. The number of thiophene rings is 2. The van der Waals surface area contributed by atoms with Crippen LogP contribution >= 0.6 is 22.7 Å². The molecule has 0 fully saturated rings. The van der Waals surface area contributed by atoms with E-state index in [2.05, 4.69) is 22.9 Å². The molecule has 2 heterocycles. The fourth-order valence-corrected chi connectivity index (χ4v) is 3.03. The van der Waals surface area contributed by atoms with E-state index in [4.69, 9.17) is 10.5 Å². The minimum Gasteiger partial charge on any atom is -0.366 e. The van der Waals surface area contributed by atoms with Crippen molar-refractivity contribution in [1.29, 1.82) is 0 Å². The first-order chi connectivity index (χ1) is 7.77. The maximum absolute atomic E-state index is 5.95. The second-order valence-corrected chi connectivity index (χ2v) is 5.70. The van der Waals surface area contributed by atoms with Crippen molar-refractivity contribution in [2.75, 3.05) is 0 Å². The molecule has 2 rings (SSSR count). The molecule has 0 aliphatic heterocycles. The van der Waals surface area contributed by atoms with Crippen LogP contribution in [0.25, 0.3) is 0 Å². The maximum atomic E-state index is 5.95. The summed E-state index contributed by atoms with van der Waals surface area (Å²) in [7, 11) is 0. The first-order valence-electron chi connectivity index (χ1n) is 5.20. The van der Waals surface area contributed by atoms with Crippen LogP contribution in [0.1, 0.15) is 22.8 Å². The normalized spacial score (nSPS) is 14.9. The molecule has 2 atom stereocenters. The molecule has 0 aliphatic rings. The number of hydrogen-bond donors (Lipinski definition) is 1. The van der Waals surface area contributed by atoms with E-state index in [0.717, 1.165) is 0 Å². The largest absolute Gasteiger partial charge is 0.366 e. The molecule has 2 N–H and O–H groups in total. The van der Waals surface area contributed by atoms with Gasteiger partial charge in [-0.25, -0.2) is 0 Å². The van der Waals surface area contributed by atoms with E-state index in [9.17, 15) is 0 Å². The van der Waals surface area contributed by atoms with E-state index in [1.165, 1.54) is 9.75 Å². The highest BCUT2D eigenvalue weighted by molar-refractivity contribution is 7.10. The Morgan fingerprint density at radius 1 is 1.25 bits per heavy atom. The quantitative estimate of drug-likeness (QED) is 0.886. The third kappa shape index (κ3) is 2.92. The third-order valence-corrected chi connectivity index (χ3v) is 4.07. The van der Waals surface area contributed by atoms with Gasteiger partial charge in [-0.2, -0.15) is 0 Å². The minimum absolute atomic E-state index is 0.00194. The molecule has 0 aromatic carbocycles. The van der Waals surface area contributed by atoms with Gasteiger partial charge in [0.25, 0.3) is 0 Å². The molecule has 0 bridgehead atoms. The Bertz CT molecular complexity index is 395. The Hall–Kier alpha value is -0.680. The predicted octanol–water partition coefficient (Wildman–Crippen LogP) is 3.41. The van der Waals surface area contributed by atoms with Gasteiger partial charge in [-0.15, -0.1) is 22.7 Å². The summed E-state index contributed by atoms with van der Waals surface area (Å²) in [6.45, 7) is 2.63. The first-order valence-corrected chi connectivity index (χ1v) is 6.96. The molecule has 0 amide bonds. The summed E-state index contributed by atoms with van der Waals surface area (Å²) in [5.41, 5.74) is 5.95. The third-order valence-electron chi connectivity index (χ3n) is 2.29. The first kappa shape index (κ1) is 11.8. The highest BCUT2D eigenvalue weighted by atomic mass is 32.1. The van der Waals surface area contributed by atoms with Crippen molar-refractivity contribution in [3.63, 3.8) is 0 Å². The molecular formula is C12H15NOS2. The van der Waals surface area contributed by atoms with Gasteiger partial charge in [0.15, 0.2) is 0 Å². The van der Waals surface area contributed by atoms with E-state index < -0.39 is 0 Å². The summed E-state index contributed by atoms with van der Waals surface area (Å²) in [5.74, 6) is 0. The van der Waals surface area contributed by atoms with E-state index in [0.29, 0.717) is 6.61 Å². The molecule has 0 radical (unpaired) electrons. The van der Waals surface area contributed by atoms with Crippen molar-refractivity contribution in [1.82, 2.24) is 0 Å². The van der Waals surface area contributed by atoms with E-state index in [-0.39, 0.29) is 12.1 Å². The zero-order chi connectivity index (χ0) is 11.4. The second kappa shape index (κ2) is 5.59. The van der Waals surface area contributed by atoms with Crippen molar-refractivity contribution >= 4 is 22.7 Å². The van der Waals surface area contributed by atoms with Gasteiger partial charge in [0, 0.05) is 15.8 Å². The molecule has 0 spiro atoms. The molecular weight excluding hydrogens is 238 g/mol. The topological polar surface area (TPSA) is 35.2 Å². The van der Waals surface area contributed by atoms with Gasteiger partial charge in [-0.05, 0) is 29.8 Å². The zero-order valence-corrected chi connectivity index (χ0v) is 10.8. The van der Waals surface area contributed by atoms with Crippen LogP contribution in [-0.2, 0) is 11.3 Å². The Balaban J connectivity index is 1.99. The van der Waals surface area contributed by atoms with Crippen molar-refractivity contribution in [2.24, 2.45) is 5.73 Å². The highest BCUT2D eigenvalue weighted by Gasteiger charge is 2.17. The zero-order valence-electron chi connectivity index (χ0n) is 9.13. The van der Waals surface area contributed by atoms with Crippen LogP contribution in [0.15, 0.2) is 35.0 Å². The molecule has 2 aromatic heterocycles. The number of hydrogen-bond acceptors (Lipinski definition) is 4. The number of rotatable bonds is 5. The average Bonchev–Trinajstić information content (AvgIpc) is 2.88. The summed E-state index contributed by atoms with van der Waals surface area (Å²) in [6.07, 6.45) is 0.00194. The molecule has 86 valence electrons. The Morgan fingerprint density at radius 2 is 2.00 bits per heavy atom. The smallest absolute Gasteiger partial charge is 0.107 e. The Morgan fingerprint density at radius 3 is 2.56 bits per heavy atom. The van der Waals surface area contributed by atoms with Crippen molar-refractivity contribution in [3.8, 4) is 0 Å². The van der Waals surface area contributed by atoms with Crippen molar-refractivity contribution < 1.29 is 4.74 Å². The average molecular weight is 253 g/mol. The summed E-state index contributed by atoms with van der Waals surface area (Å²) >= 11 is 3.41. The lowest BCUT2D eigenvalue weighted by Crippen LogP contribution is -2.26. The molecule has 16 heavy (non-hydrogen) atoms. The van der Waals surface area contributed by atoms with Crippen LogP contribution in [0, 0.1) is 0 Å². The van der Waals surface area contributed by atoms with Crippen molar-refractivity contribution in [2.45, 2.75) is 25.7 Å². The Kier molecular flexibility index (Phi) is 4.12. The SMILES string of the molecule is CC(N)C(OCc1cccs1)c1cccs1. The van der Waals surface area contributed by atoms with Gasteiger partial charge in [-0.1, -0.05) is 12.1 Å². The summed E-state index contributed by atoms with van der Waals surface area (Å²) < 4.78 is 5.89.